The fourth-order valence-corrected chi connectivity index (χ4v) is 3.98. The zero-order valence-electron chi connectivity index (χ0n) is 18.3. The third-order valence-corrected chi connectivity index (χ3v) is 5.99. The summed E-state index contributed by atoms with van der Waals surface area (Å²) in [4.78, 5) is 22.0. The molecule has 4 rings (SSSR count). The molecule has 0 atom stereocenters. The van der Waals surface area contributed by atoms with Crippen molar-refractivity contribution >= 4 is 34.0 Å². The van der Waals surface area contributed by atoms with Gasteiger partial charge in [0.05, 0.1) is 5.52 Å². The molecule has 5 nitrogen and oxygen atoms in total. The van der Waals surface area contributed by atoms with Gasteiger partial charge in [0, 0.05) is 49.5 Å². The molecule has 0 unspecified atom stereocenters. The lowest BCUT2D eigenvalue weighted by Crippen LogP contribution is -2.33. The Bertz CT molecular complexity index is 1070. The van der Waals surface area contributed by atoms with Crippen LogP contribution in [0.2, 0.25) is 0 Å². The molecule has 2 aromatic carbocycles. The van der Waals surface area contributed by atoms with E-state index in [0.717, 1.165) is 47.1 Å². The highest BCUT2D eigenvalue weighted by molar-refractivity contribution is 6.05. The first-order valence-corrected chi connectivity index (χ1v) is 10.7. The minimum Gasteiger partial charge on any atom is -0.378 e. The van der Waals surface area contributed by atoms with E-state index in [1.807, 2.05) is 61.5 Å². The highest BCUT2D eigenvalue weighted by Crippen LogP contribution is 2.28. The van der Waals surface area contributed by atoms with Crippen molar-refractivity contribution in [2.24, 2.45) is 5.92 Å². The summed E-state index contributed by atoms with van der Waals surface area (Å²) < 4.78 is 0. The number of carbonyl (C=O) groups is 1. The number of rotatable bonds is 4. The average molecular weight is 403 g/mol. The van der Waals surface area contributed by atoms with Crippen LogP contribution >= 0.6 is 0 Å². The van der Waals surface area contributed by atoms with Gasteiger partial charge in [0.25, 0.3) is 5.91 Å². The quantitative estimate of drug-likeness (QED) is 0.660. The molecule has 1 aliphatic heterocycles. The molecule has 1 fully saturated rings. The van der Waals surface area contributed by atoms with Crippen LogP contribution < -0.4 is 15.1 Å². The smallest absolute Gasteiger partial charge is 0.255 e. The van der Waals surface area contributed by atoms with Crippen LogP contribution in [0.3, 0.4) is 0 Å². The van der Waals surface area contributed by atoms with Crippen molar-refractivity contribution in [2.45, 2.75) is 26.7 Å². The zero-order chi connectivity index (χ0) is 21.3. The maximum atomic E-state index is 12.7. The second-order valence-corrected chi connectivity index (χ2v) is 8.60. The number of amides is 1. The number of benzene rings is 2. The molecule has 0 bridgehead atoms. The number of anilines is 3. The van der Waals surface area contributed by atoms with Gasteiger partial charge in [-0.05, 0) is 73.7 Å². The van der Waals surface area contributed by atoms with Crippen molar-refractivity contribution in [3.8, 4) is 0 Å². The second kappa shape index (κ2) is 8.34. The molecule has 2 heterocycles. The summed E-state index contributed by atoms with van der Waals surface area (Å²) in [6, 6.07) is 15.8. The van der Waals surface area contributed by atoms with E-state index in [-0.39, 0.29) is 5.91 Å². The van der Waals surface area contributed by atoms with E-state index in [0.29, 0.717) is 5.56 Å². The zero-order valence-corrected chi connectivity index (χ0v) is 18.3. The largest absolute Gasteiger partial charge is 0.378 e. The van der Waals surface area contributed by atoms with Gasteiger partial charge in [-0.3, -0.25) is 4.79 Å². The first-order chi connectivity index (χ1) is 14.4. The lowest BCUT2D eigenvalue weighted by atomic mass is 9.99. The Kier molecular flexibility index (Phi) is 5.62. The lowest BCUT2D eigenvalue weighted by Gasteiger charge is -2.31. The maximum absolute atomic E-state index is 12.7. The summed E-state index contributed by atoms with van der Waals surface area (Å²) in [5.74, 6) is 1.75. The predicted molar refractivity (Wildman–Crippen MR) is 126 cm³/mol. The first-order valence-electron chi connectivity index (χ1n) is 10.7. The molecule has 30 heavy (non-hydrogen) atoms. The van der Waals surface area contributed by atoms with Crippen LogP contribution in [0.1, 0.15) is 35.7 Å². The van der Waals surface area contributed by atoms with Crippen molar-refractivity contribution in [1.82, 2.24) is 4.98 Å². The van der Waals surface area contributed by atoms with Gasteiger partial charge in [-0.1, -0.05) is 13.0 Å². The van der Waals surface area contributed by atoms with Crippen molar-refractivity contribution in [3.63, 3.8) is 0 Å². The van der Waals surface area contributed by atoms with Crippen LogP contribution in [0.5, 0.6) is 0 Å². The van der Waals surface area contributed by atoms with Crippen LogP contribution in [0, 0.1) is 12.8 Å². The van der Waals surface area contributed by atoms with Gasteiger partial charge in [-0.25, -0.2) is 4.98 Å². The van der Waals surface area contributed by atoms with E-state index >= 15 is 0 Å². The fraction of sp³-hybridized carbons (Fsp3) is 0.360. The van der Waals surface area contributed by atoms with Gasteiger partial charge >= 0.3 is 0 Å². The van der Waals surface area contributed by atoms with Crippen molar-refractivity contribution in [3.05, 3.63) is 59.7 Å². The minimum atomic E-state index is -0.109. The van der Waals surface area contributed by atoms with Crippen LogP contribution in [0.15, 0.2) is 48.5 Å². The van der Waals surface area contributed by atoms with Gasteiger partial charge in [0.2, 0.25) is 0 Å². The number of aromatic nitrogens is 1. The Morgan fingerprint density at radius 3 is 2.60 bits per heavy atom. The average Bonchev–Trinajstić information content (AvgIpc) is 2.74. The summed E-state index contributed by atoms with van der Waals surface area (Å²) in [5, 5.41) is 4.10. The van der Waals surface area contributed by atoms with E-state index in [9.17, 15) is 4.79 Å². The number of carbonyl (C=O) groups excluding carboxylic acids is 1. The maximum Gasteiger partial charge on any atom is 0.255 e. The second-order valence-electron chi connectivity index (χ2n) is 8.60. The molecule has 0 aliphatic carbocycles. The number of hydrogen-bond acceptors (Lipinski definition) is 4. The summed E-state index contributed by atoms with van der Waals surface area (Å²) >= 11 is 0. The Labute approximate surface area is 178 Å². The number of pyridine rings is 1. The number of hydrogen-bond donors (Lipinski definition) is 1. The molecule has 0 spiro atoms. The summed E-state index contributed by atoms with van der Waals surface area (Å²) in [6.45, 7) is 6.58. The van der Waals surface area contributed by atoms with E-state index in [4.69, 9.17) is 4.98 Å². The number of fused-ring (bicyclic) bond motifs is 1. The van der Waals surface area contributed by atoms with Crippen molar-refractivity contribution in [2.75, 3.05) is 42.3 Å². The minimum absolute atomic E-state index is 0.109. The van der Waals surface area contributed by atoms with Gasteiger partial charge in [0.15, 0.2) is 0 Å². The highest BCUT2D eigenvalue weighted by Gasteiger charge is 2.18. The van der Waals surface area contributed by atoms with Gasteiger partial charge < -0.3 is 15.1 Å². The summed E-state index contributed by atoms with van der Waals surface area (Å²) in [6.07, 6.45) is 2.44. The molecule has 5 heteroatoms. The normalized spacial score (nSPS) is 14.7. The van der Waals surface area contributed by atoms with Crippen molar-refractivity contribution < 1.29 is 4.79 Å². The lowest BCUT2D eigenvalue weighted by molar-refractivity contribution is 0.102. The molecule has 1 amide bonds. The Morgan fingerprint density at radius 1 is 1.10 bits per heavy atom. The molecule has 1 aliphatic rings. The molecule has 1 N–H and O–H groups in total. The molecule has 3 aromatic rings. The van der Waals surface area contributed by atoms with E-state index in [1.165, 1.54) is 18.4 Å². The third-order valence-electron chi connectivity index (χ3n) is 5.99. The van der Waals surface area contributed by atoms with E-state index in [1.54, 1.807) is 0 Å². The molecule has 0 saturated carbocycles. The standard InChI is InChI=1S/C25H30N4O/c1-17-10-12-29(13-11-17)24-14-18(2)22-16-20(8-9-23(22)27-24)26-25(30)19-6-5-7-21(15-19)28(3)4/h5-9,14-17H,10-13H2,1-4H3,(H,26,30). The monoisotopic (exact) mass is 402 g/mol. The third kappa shape index (κ3) is 4.25. The predicted octanol–water partition coefficient (Wildman–Crippen LogP) is 5.10. The van der Waals surface area contributed by atoms with Gasteiger partial charge in [-0.2, -0.15) is 0 Å². The number of nitrogens with one attached hydrogen (secondary N) is 1. The van der Waals surface area contributed by atoms with Gasteiger partial charge in [-0.15, -0.1) is 0 Å². The number of aryl methyl sites for hydroxylation is 1. The summed E-state index contributed by atoms with van der Waals surface area (Å²) in [5.41, 5.74) is 4.58. The van der Waals surface area contributed by atoms with Crippen LogP contribution in [-0.2, 0) is 0 Å². The Morgan fingerprint density at radius 2 is 1.87 bits per heavy atom. The van der Waals surface area contributed by atoms with Crippen LogP contribution in [0.4, 0.5) is 17.2 Å². The van der Waals surface area contributed by atoms with E-state index < -0.39 is 0 Å². The molecule has 0 radical (unpaired) electrons. The van der Waals surface area contributed by atoms with E-state index in [2.05, 4.69) is 30.1 Å². The molecular weight excluding hydrogens is 372 g/mol. The number of nitrogens with zero attached hydrogens (tertiary/aromatic N) is 3. The van der Waals surface area contributed by atoms with Crippen LogP contribution in [-0.4, -0.2) is 38.1 Å². The first kappa shape index (κ1) is 20.2. The van der Waals surface area contributed by atoms with Crippen molar-refractivity contribution in [1.29, 1.82) is 0 Å². The van der Waals surface area contributed by atoms with Gasteiger partial charge in [0.1, 0.15) is 5.82 Å². The molecular formula is C25H30N4O. The molecule has 156 valence electrons. The molecule has 1 saturated heterocycles. The summed E-state index contributed by atoms with van der Waals surface area (Å²) in [7, 11) is 3.93. The SMILES string of the molecule is Cc1cc(N2CCC(C)CC2)nc2ccc(NC(=O)c3cccc(N(C)C)c3)cc12. The molecule has 1 aromatic heterocycles. The Balaban J connectivity index is 1.56. The highest BCUT2D eigenvalue weighted by atomic mass is 16.1. The Hall–Kier alpha value is -3.08. The fourth-order valence-electron chi connectivity index (χ4n) is 3.98. The topological polar surface area (TPSA) is 48.5 Å². The van der Waals surface area contributed by atoms with Crippen LogP contribution in [0.25, 0.3) is 10.9 Å². The number of piperidine rings is 1.